The largest absolute Gasteiger partial charge is 0.351 e. The van der Waals surface area contributed by atoms with Crippen molar-refractivity contribution in [2.45, 2.75) is 30.3 Å². The number of hydrogen-bond acceptors (Lipinski definition) is 3. The standard InChI is InChI=1S/C13H13FN2OS2/c1-7-12(17)16(13(18)15-7)10-5-6-19-11-8(10)3-2-4-9(11)14/h2-4,7,10H,5-6H2,1H3,(H,15,18)/t7-,10+/m1/s1. The van der Waals surface area contributed by atoms with E-state index in [0.29, 0.717) is 10.0 Å². The van der Waals surface area contributed by atoms with E-state index in [0.717, 1.165) is 17.7 Å². The van der Waals surface area contributed by atoms with Gasteiger partial charge in [0.25, 0.3) is 5.91 Å². The Hall–Kier alpha value is -1.14. The van der Waals surface area contributed by atoms with E-state index in [-0.39, 0.29) is 23.8 Å². The zero-order valence-corrected chi connectivity index (χ0v) is 12.0. The van der Waals surface area contributed by atoms with Crippen molar-refractivity contribution in [3.8, 4) is 0 Å². The summed E-state index contributed by atoms with van der Waals surface area (Å²) in [5.41, 5.74) is 0.864. The summed E-state index contributed by atoms with van der Waals surface area (Å²) in [5.74, 6) is 0.544. The third-order valence-electron chi connectivity index (χ3n) is 3.47. The maximum absolute atomic E-state index is 13.8. The van der Waals surface area contributed by atoms with Crippen molar-refractivity contribution < 1.29 is 9.18 Å². The van der Waals surface area contributed by atoms with Crippen LogP contribution in [0.5, 0.6) is 0 Å². The van der Waals surface area contributed by atoms with Crippen LogP contribution in [0, 0.1) is 5.82 Å². The number of nitrogens with zero attached hydrogens (tertiary/aromatic N) is 1. The smallest absolute Gasteiger partial charge is 0.251 e. The van der Waals surface area contributed by atoms with Crippen molar-refractivity contribution in [1.82, 2.24) is 10.2 Å². The molecule has 2 aliphatic rings. The second-order valence-electron chi connectivity index (χ2n) is 4.69. The van der Waals surface area contributed by atoms with Gasteiger partial charge in [-0.3, -0.25) is 9.69 Å². The van der Waals surface area contributed by atoms with Crippen LogP contribution in [-0.2, 0) is 4.79 Å². The van der Waals surface area contributed by atoms with Crippen molar-refractivity contribution in [2.24, 2.45) is 0 Å². The number of rotatable bonds is 1. The van der Waals surface area contributed by atoms with Gasteiger partial charge in [0.15, 0.2) is 5.11 Å². The van der Waals surface area contributed by atoms with Gasteiger partial charge in [0, 0.05) is 10.6 Å². The summed E-state index contributed by atoms with van der Waals surface area (Å²) in [4.78, 5) is 14.4. The molecule has 19 heavy (non-hydrogen) atoms. The van der Waals surface area contributed by atoms with E-state index in [4.69, 9.17) is 12.2 Å². The van der Waals surface area contributed by atoms with Crippen molar-refractivity contribution >= 4 is 35.0 Å². The summed E-state index contributed by atoms with van der Waals surface area (Å²) in [6.45, 7) is 1.79. The highest BCUT2D eigenvalue weighted by molar-refractivity contribution is 7.99. The normalized spacial score (nSPS) is 26.3. The number of thiocarbonyl (C=S) groups is 1. The van der Waals surface area contributed by atoms with Crippen LogP contribution < -0.4 is 5.32 Å². The molecule has 1 N–H and O–H groups in total. The molecule has 1 amide bonds. The number of hydrogen-bond donors (Lipinski definition) is 1. The van der Waals surface area contributed by atoms with Crippen LogP contribution in [0.1, 0.15) is 24.9 Å². The molecule has 0 radical (unpaired) electrons. The van der Waals surface area contributed by atoms with Crippen LogP contribution in [0.2, 0.25) is 0 Å². The molecule has 2 atom stereocenters. The minimum atomic E-state index is -0.293. The number of thioether (sulfide) groups is 1. The summed E-state index contributed by atoms with van der Waals surface area (Å²) in [7, 11) is 0. The summed E-state index contributed by atoms with van der Waals surface area (Å²) in [5, 5.41) is 3.42. The molecule has 1 fully saturated rings. The molecule has 3 nitrogen and oxygen atoms in total. The highest BCUT2D eigenvalue weighted by Gasteiger charge is 2.39. The van der Waals surface area contributed by atoms with E-state index < -0.39 is 0 Å². The number of halogens is 1. The van der Waals surface area contributed by atoms with Crippen molar-refractivity contribution in [2.75, 3.05) is 5.75 Å². The molecule has 2 heterocycles. The summed E-state index contributed by atoms with van der Waals surface area (Å²) >= 11 is 6.74. The number of carbonyl (C=O) groups excluding carboxylic acids is 1. The van der Waals surface area contributed by atoms with E-state index in [9.17, 15) is 9.18 Å². The topological polar surface area (TPSA) is 32.3 Å². The van der Waals surface area contributed by atoms with Crippen molar-refractivity contribution in [1.29, 1.82) is 0 Å². The van der Waals surface area contributed by atoms with Crippen LogP contribution in [0.3, 0.4) is 0 Å². The maximum atomic E-state index is 13.8. The highest BCUT2D eigenvalue weighted by Crippen LogP contribution is 2.41. The molecule has 3 rings (SSSR count). The molecule has 0 saturated carbocycles. The predicted octanol–water partition coefficient (Wildman–Crippen LogP) is 2.47. The molecule has 2 aliphatic heterocycles. The van der Waals surface area contributed by atoms with E-state index in [1.807, 2.05) is 6.07 Å². The lowest BCUT2D eigenvalue weighted by Gasteiger charge is -2.32. The minimum Gasteiger partial charge on any atom is -0.351 e. The number of carbonyl (C=O) groups is 1. The van der Waals surface area contributed by atoms with E-state index >= 15 is 0 Å². The SMILES string of the molecule is C[C@H]1NC(=S)N([C@H]2CCSc3c(F)cccc32)C1=O. The number of fused-ring (bicyclic) bond motifs is 1. The van der Waals surface area contributed by atoms with Gasteiger partial charge in [0.1, 0.15) is 11.9 Å². The Bertz CT molecular complexity index is 564. The molecule has 1 aromatic carbocycles. The Morgan fingerprint density at radius 2 is 2.32 bits per heavy atom. The highest BCUT2D eigenvalue weighted by atomic mass is 32.2. The molecular formula is C13H13FN2OS2. The molecule has 0 aromatic heterocycles. The zero-order valence-electron chi connectivity index (χ0n) is 10.4. The fourth-order valence-corrected chi connectivity index (χ4v) is 4.07. The molecule has 0 unspecified atom stereocenters. The molecule has 1 aromatic rings. The summed E-state index contributed by atoms with van der Waals surface area (Å²) in [6.07, 6.45) is 0.793. The lowest BCUT2D eigenvalue weighted by Crippen LogP contribution is -2.36. The number of benzene rings is 1. The monoisotopic (exact) mass is 296 g/mol. The van der Waals surface area contributed by atoms with Gasteiger partial charge in [0.2, 0.25) is 0 Å². The second kappa shape index (κ2) is 4.76. The average Bonchev–Trinajstić information content (AvgIpc) is 2.64. The zero-order chi connectivity index (χ0) is 13.6. The van der Waals surface area contributed by atoms with Crippen LogP contribution in [0.15, 0.2) is 23.1 Å². The molecular weight excluding hydrogens is 283 g/mol. The maximum Gasteiger partial charge on any atom is 0.251 e. The Morgan fingerprint density at radius 3 is 3.00 bits per heavy atom. The number of amides is 1. The third kappa shape index (κ3) is 2.03. The lowest BCUT2D eigenvalue weighted by atomic mass is 10.0. The molecule has 0 spiro atoms. The van der Waals surface area contributed by atoms with Gasteiger partial charge in [-0.25, -0.2) is 4.39 Å². The fourth-order valence-electron chi connectivity index (χ4n) is 2.56. The van der Waals surface area contributed by atoms with Gasteiger partial charge in [0.05, 0.1) is 6.04 Å². The van der Waals surface area contributed by atoms with E-state index in [1.54, 1.807) is 17.9 Å². The predicted molar refractivity (Wildman–Crippen MR) is 76.5 cm³/mol. The average molecular weight is 296 g/mol. The van der Waals surface area contributed by atoms with Crippen molar-refractivity contribution in [3.63, 3.8) is 0 Å². The van der Waals surface area contributed by atoms with Gasteiger partial charge in [-0.2, -0.15) is 0 Å². The van der Waals surface area contributed by atoms with Crippen LogP contribution >= 0.6 is 24.0 Å². The molecule has 1 saturated heterocycles. The van der Waals surface area contributed by atoms with Crippen LogP contribution in [0.4, 0.5) is 4.39 Å². The minimum absolute atomic E-state index is 0.0305. The van der Waals surface area contributed by atoms with Crippen LogP contribution in [-0.4, -0.2) is 27.7 Å². The number of nitrogens with one attached hydrogen (secondary N) is 1. The first kappa shape index (κ1) is 12.9. The quantitative estimate of drug-likeness (QED) is 0.807. The van der Waals surface area contributed by atoms with E-state index in [2.05, 4.69) is 5.32 Å². The first-order valence-electron chi connectivity index (χ1n) is 6.14. The Morgan fingerprint density at radius 1 is 1.53 bits per heavy atom. The first-order chi connectivity index (χ1) is 9.09. The molecule has 0 aliphatic carbocycles. The molecule has 0 bridgehead atoms. The molecule has 6 heteroatoms. The Labute approximate surface area is 120 Å². The second-order valence-corrected chi connectivity index (χ2v) is 6.18. The third-order valence-corrected chi connectivity index (χ3v) is 4.95. The van der Waals surface area contributed by atoms with Gasteiger partial charge in [-0.15, -0.1) is 11.8 Å². The van der Waals surface area contributed by atoms with Gasteiger partial charge in [-0.05, 0) is 37.2 Å². The first-order valence-corrected chi connectivity index (χ1v) is 7.53. The molecule has 100 valence electrons. The van der Waals surface area contributed by atoms with E-state index in [1.165, 1.54) is 17.8 Å². The van der Waals surface area contributed by atoms with Crippen LogP contribution in [0.25, 0.3) is 0 Å². The fraction of sp³-hybridized carbons (Fsp3) is 0.385. The van der Waals surface area contributed by atoms with Gasteiger partial charge < -0.3 is 5.32 Å². The Kier molecular flexibility index (Phi) is 3.22. The summed E-state index contributed by atoms with van der Waals surface area (Å²) < 4.78 is 13.8. The lowest BCUT2D eigenvalue weighted by molar-refractivity contribution is -0.128. The van der Waals surface area contributed by atoms with Gasteiger partial charge in [-0.1, -0.05) is 12.1 Å². The van der Waals surface area contributed by atoms with Gasteiger partial charge >= 0.3 is 0 Å². The van der Waals surface area contributed by atoms with Crippen molar-refractivity contribution in [3.05, 3.63) is 29.6 Å². The summed E-state index contributed by atoms with van der Waals surface area (Å²) in [6, 6.07) is 4.59. The Balaban J connectivity index is 2.03.